The van der Waals surface area contributed by atoms with E-state index in [2.05, 4.69) is 33.5 Å². The third-order valence-electron chi connectivity index (χ3n) is 0.930. The van der Waals surface area contributed by atoms with Crippen molar-refractivity contribution in [2.24, 2.45) is 0 Å². The summed E-state index contributed by atoms with van der Waals surface area (Å²) in [7, 11) is -1.35. The second kappa shape index (κ2) is 4.39. The summed E-state index contributed by atoms with van der Waals surface area (Å²) in [5.41, 5.74) is 1.29. The second-order valence-corrected chi connectivity index (χ2v) is 8.26. The first-order chi connectivity index (χ1) is 4.92. The van der Waals surface area contributed by atoms with E-state index >= 15 is 0 Å². The molecule has 0 atom stereocenters. The molecule has 1 nitrogen and oxygen atoms in total. The van der Waals surface area contributed by atoms with Gasteiger partial charge in [0.1, 0.15) is 0 Å². The summed E-state index contributed by atoms with van der Waals surface area (Å²) in [6, 6.07) is 0. The van der Waals surface area contributed by atoms with Crippen LogP contribution in [0.4, 0.5) is 0 Å². The fraction of sp³-hybridized carbons (Fsp3) is 0.556. The van der Waals surface area contributed by atoms with Gasteiger partial charge in [-0.05, 0) is 39.6 Å². The van der Waals surface area contributed by atoms with Crippen molar-refractivity contribution >= 4 is 8.32 Å². The predicted molar refractivity (Wildman–Crippen MR) is 53.0 cm³/mol. The van der Waals surface area contributed by atoms with E-state index in [1.807, 2.05) is 12.2 Å². The van der Waals surface area contributed by atoms with Gasteiger partial charge in [-0.25, -0.2) is 0 Å². The molecule has 0 unspecified atom stereocenters. The minimum Gasteiger partial charge on any atom is -0.550 e. The van der Waals surface area contributed by atoms with Crippen LogP contribution in [0.5, 0.6) is 0 Å². The molecule has 0 aromatic heterocycles. The highest BCUT2D eigenvalue weighted by atomic mass is 28.4. The lowest BCUT2D eigenvalue weighted by Crippen LogP contribution is -2.21. The summed E-state index contributed by atoms with van der Waals surface area (Å²) >= 11 is 0. The van der Waals surface area contributed by atoms with Gasteiger partial charge in [-0.2, -0.15) is 0 Å². The molecule has 0 aliphatic rings. The van der Waals surface area contributed by atoms with E-state index < -0.39 is 8.32 Å². The molecule has 0 aromatic carbocycles. The lowest BCUT2D eigenvalue weighted by molar-refractivity contribution is 0.479. The Hall–Kier alpha value is -0.503. The van der Waals surface area contributed by atoms with E-state index in [1.54, 1.807) is 6.26 Å². The molecule has 0 saturated carbocycles. The Kier molecular flexibility index (Phi) is 4.19. The van der Waals surface area contributed by atoms with Gasteiger partial charge < -0.3 is 4.43 Å². The molecule has 0 N–H and O–H groups in total. The Bertz CT molecular complexity index is 159. The van der Waals surface area contributed by atoms with Crippen LogP contribution in [0.3, 0.4) is 0 Å². The normalized spacial score (nSPS) is 11.7. The van der Waals surface area contributed by atoms with E-state index in [9.17, 15) is 0 Å². The summed E-state index contributed by atoms with van der Waals surface area (Å²) in [4.78, 5) is 0. The Morgan fingerprint density at radius 2 is 1.73 bits per heavy atom. The average molecular weight is 170 g/mol. The van der Waals surface area contributed by atoms with Gasteiger partial charge in [-0.15, -0.1) is 0 Å². The third kappa shape index (κ3) is 9.50. The summed E-state index contributed by atoms with van der Waals surface area (Å²) in [6.45, 7) is 10.6. The molecule has 0 radical (unpaired) electrons. The van der Waals surface area contributed by atoms with Crippen LogP contribution in [0.25, 0.3) is 0 Å². The molecule has 0 spiro atoms. The van der Waals surface area contributed by atoms with Gasteiger partial charge in [-0.3, -0.25) is 0 Å². The smallest absolute Gasteiger partial charge is 0.241 e. The first kappa shape index (κ1) is 10.5. The van der Waals surface area contributed by atoms with Crippen LogP contribution < -0.4 is 0 Å². The van der Waals surface area contributed by atoms with Gasteiger partial charge in [-0.1, -0.05) is 11.6 Å². The third-order valence-corrected chi connectivity index (χ3v) is 1.77. The molecule has 0 heterocycles. The maximum absolute atomic E-state index is 5.49. The number of allylic oxidation sites excluding steroid dienone is 3. The molecule has 0 fully saturated rings. The minimum absolute atomic E-state index is 1.29. The Labute approximate surface area is 70.9 Å². The zero-order chi connectivity index (χ0) is 8.91. The number of hydrogen-bond acceptors (Lipinski definition) is 1. The molecule has 0 saturated heterocycles. The van der Waals surface area contributed by atoms with Crippen LogP contribution in [0, 0.1) is 0 Å². The molecule has 11 heavy (non-hydrogen) atoms. The van der Waals surface area contributed by atoms with Gasteiger partial charge >= 0.3 is 0 Å². The summed E-state index contributed by atoms with van der Waals surface area (Å²) in [5, 5.41) is 0. The van der Waals surface area contributed by atoms with Crippen LogP contribution >= 0.6 is 0 Å². The Morgan fingerprint density at radius 3 is 2.09 bits per heavy atom. The van der Waals surface area contributed by atoms with E-state index in [1.165, 1.54) is 5.57 Å². The van der Waals surface area contributed by atoms with Crippen molar-refractivity contribution in [1.82, 2.24) is 0 Å². The van der Waals surface area contributed by atoms with Gasteiger partial charge in [0, 0.05) is 0 Å². The van der Waals surface area contributed by atoms with E-state index in [0.29, 0.717) is 0 Å². The van der Waals surface area contributed by atoms with Crippen molar-refractivity contribution in [2.75, 3.05) is 0 Å². The van der Waals surface area contributed by atoms with Crippen molar-refractivity contribution in [3.05, 3.63) is 24.0 Å². The largest absolute Gasteiger partial charge is 0.550 e. The molecule has 0 aromatic rings. The van der Waals surface area contributed by atoms with Crippen LogP contribution in [0.1, 0.15) is 13.8 Å². The summed E-state index contributed by atoms with van der Waals surface area (Å²) in [5.74, 6) is 0. The van der Waals surface area contributed by atoms with Gasteiger partial charge in [0.15, 0.2) is 0 Å². The second-order valence-electron chi connectivity index (χ2n) is 3.80. The highest BCUT2D eigenvalue weighted by molar-refractivity contribution is 6.69. The van der Waals surface area contributed by atoms with Crippen LogP contribution in [0.15, 0.2) is 24.0 Å². The van der Waals surface area contributed by atoms with Crippen molar-refractivity contribution in [2.45, 2.75) is 33.5 Å². The fourth-order valence-corrected chi connectivity index (χ4v) is 0.962. The van der Waals surface area contributed by atoms with Crippen molar-refractivity contribution < 1.29 is 4.43 Å². The molecular weight excluding hydrogens is 152 g/mol. The molecule has 64 valence electrons. The van der Waals surface area contributed by atoms with E-state index in [-0.39, 0.29) is 0 Å². The lowest BCUT2D eigenvalue weighted by atomic mass is 10.3. The average Bonchev–Trinajstić information content (AvgIpc) is 1.78. The number of rotatable bonds is 3. The Balaban J connectivity index is 3.71. The summed E-state index contributed by atoms with van der Waals surface area (Å²) in [6.07, 6.45) is 5.78. The molecule has 0 aliphatic carbocycles. The van der Waals surface area contributed by atoms with Crippen molar-refractivity contribution in [3.8, 4) is 0 Å². The Morgan fingerprint density at radius 1 is 1.18 bits per heavy atom. The van der Waals surface area contributed by atoms with Crippen molar-refractivity contribution in [1.29, 1.82) is 0 Å². The van der Waals surface area contributed by atoms with Gasteiger partial charge in [0.25, 0.3) is 0 Å². The highest BCUT2D eigenvalue weighted by Crippen LogP contribution is 2.02. The zero-order valence-electron chi connectivity index (χ0n) is 8.14. The van der Waals surface area contributed by atoms with E-state index in [0.717, 1.165) is 0 Å². The highest BCUT2D eigenvalue weighted by Gasteiger charge is 2.12. The monoisotopic (exact) mass is 170 g/mol. The molecule has 2 heteroatoms. The zero-order valence-corrected chi connectivity index (χ0v) is 9.14. The topological polar surface area (TPSA) is 9.23 Å². The van der Waals surface area contributed by atoms with Gasteiger partial charge in [0.2, 0.25) is 8.32 Å². The van der Waals surface area contributed by atoms with Crippen molar-refractivity contribution in [3.63, 3.8) is 0 Å². The molecular formula is C9H18OSi. The maximum atomic E-state index is 5.49. The van der Waals surface area contributed by atoms with Crippen LogP contribution in [-0.2, 0) is 4.43 Å². The standard InChI is InChI=1S/C9H18OSi/c1-9(2)7-6-8-10-11(3,4)5/h6-8H,1-5H3. The van der Waals surface area contributed by atoms with Crippen LogP contribution in [0.2, 0.25) is 19.6 Å². The quantitative estimate of drug-likeness (QED) is 0.359. The molecule has 0 amide bonds. The fourth-order valence-electron chi connectivity index (χ4n) is 0.475. The van der Waals surface area contributed by atoms with Crippen LogP contribution in [-0.4, -0.2) is 8.32 Å². The molecule has 0 bridgehead atoms. The van der Waals surface area contributed by atoms with E-state index in [4.69, 9.17) is 4.43 Å². The minimum atomic E-state index is -1.35. The molecule has 0 rings (SSSR count). The van der Waals surface area contributed by atoms with Gasteiger partial charge in [0.05, 0.1) is 6.26 Å². The first-order valence-electron chi connectivity index (χ1n) is 3.90. The number of hydrogen-bond donors (Lipinski definition) is 0. The molecule has 0 aliphatic heterocycles. The first-order valence-corrected chi connectivity index (χ1v) is 7.30. The maximum Gasteiger partial charge on any atom is 0.241 e. The lowest BCUT2D eigenvalue weighted by Gasteiger charge is -2.14. The predicted octanol–water partition coefficient (Wildman–Crippen LogP) is 3.32. The summed E-state index contributed by atoms with van der Waals surface area (Å²) < 4.78 is 5.49. The SMILES string of the molecule is CC(C)=CC=CO[Si](C)(C)C.